The lowest BCUT2D eigenvalue weighted by molar-refractivity contribution is -0.120. The van der Waals surface area contributed by atoms with Crippen LogP contribution in [0.2, 0.25) is 5.02 Å². The molecule has 1 aromatic carbocycles. The molecule has 0 bridgehead atoms. The third-order valence-electron chi connectivity index (χ3n) is 4.85. The first-order chi connectivity index (χ1) is 14.1. The normalized spacial score (nSPS) is 17.5. The van der Waals surface area contributed by atoms with E-state index in [2.05, 4.69) is 10.3 Å². The highest BCUT2D eigenvalue weighted by Gasteiger charge is 2.36. The average Bonchev–Trinajstić information content (AvgIpc) is 2.67. The minimum atomic E-state index is -4.21. The summed E-state index contributed by atoms with van der Waals surface area (Å²) in [6, 6.07) is 4.77. The summed E-state index contributed by atoms with van der Waals surface area (Å²) in [5.41, 5.74) is -1.46. The van der Waals surface area contributed by atoms with Gasteiger partial charge >= 0.3 is 5.69 Å². The Morgan fingerprint density at radius 2 is 2.03 bits per heavy atom. The smallest absolute Gasteiger partial charge is 0.325 e. The Bertz CT molecular complexity index is 1190. The number of benzene rings is 1. The molecule has 2 aromatic rings. The Labute approximate surface area is 177 Å². The molecule has 3 rings (SSSR count). The number of aromatic amines is 2. The van der Waals surface area contributed by atoms with Gasteiger partial charge in [0.1, 0.15) is 5.75 Å². The van der Waals surface area contributed by atoms with Crippen LogP contribution in [0.1, 0.15) is 18.5 Å². The number of H-pyrrole nitrogens is 2. The second-order valence-corrected chi connectivity index (χ2v) is 9.21. The summed E-state index contributed by atoms with van der Waals surface area (Å²) >= 11 is 5.98. The number of carbonyl (C=O) groups excluding carboxylic acids is 1. The number of carbonyl (C=O) groups is 1. The maximum Gasteiger partial charge on any atom is 0.325 e. The van der Waals surface area contributed by atoms with Gasteiger partial charge in [0, 0.05) is 23.8 Å². The van der Waals surface area contributed by atoms with Gasteiger partial charge in [-0.1, -0.05) is 11.6 Å². The summed E-state index contributed by atoms with van der Waals surface area (Å²) in [7, 11) is -2.75. The van der Waals surface area contributed by atoms with Gasteiger partial charge in [0.05, 0.1) is 18.7 Å². The zero-order valence-corrected chi connectivity index (χ0v) is 17.9. The molecule has 1 atom stereocenters. The molecule has 1 amide bonds. The minimum Gasteiger partial charge on any atom is -0.495 e. The Balaban J connectivity index is 1.83. The summed E-state index contributed by atoms with van der Waals surface area (Å²) < 4.78 is 32.4. The molecule has 1 aromatic heterocycles. The van der Waals surface area contributed by atoms with Gasteiger partial charge in [0.15, 0.2) is 4.90 Å². The molecular weight excluding hydrogens is 436 g/mol. The SMILES string of the molecule is COc1ccc(Cl)cc1NC(=O)[C@H]1CCCN(S(=O)(=O)c2c(C)[nH]c(=O)[nH]c2=O)C1. The molecule has 0 aliphatic carbocycles. The number of nitrogens with zero attached hydrogens (tertiary/aromatic N) is 1. The molecule has 1 fully saturated rings. The van der Waals surface area contributed by atoms with Gasteiger partial charge in [-0.05, 0) is 38.0 Å². The van der Waals surface area contributed by atoms with Gasteiger partial charge in [-0.25, -0.2) is 13.2 Å². The van der Waals surface area contributed by atoms with Crippen molar-refractivity contribution in [1.82, 2.24) is 14.3 Å². The van der Waals surface area contributed by atoms with Crippen molar-refractivity contribution in [3.63, 3.8) is 0 Å². The minimum absolute atomic E-state index is 0.0565. The van der Waals surface area contributed by atoms with E-state index in [9.17, 15) is 22.8 Å². The van der Waals surface area contributed by atoms with Crippen LogP contribution in [0, 0.1) is 12.8 Å². The fourth-order valence-corrected chi connectivity index (χ4v) is 5.31. The number of rotatable bonds is 5. The second kappa shape index (κ2) is 8.62. The molecule has 3 N–H and O–H groups in total. The average molecular weight is 457 g/mol. The maximum atomic E-state index is 13.0. The predicted octanol–water partition coefficient (Wildman–Crippen LogP) is 1.07. The lowest BCUT2D eigenvalue weighted by Gasteiger charge is -2.31. The number of hydrogen-bond acceptors (Lipinski definition) is 6. The van der Waals surface area contributed by atoms with Gasteiger partial charge in [0.25, 0.3) is 5.56 Å². The number of sulfonamides is 1. The van der Waals surface area contributed by atoms with Crippen molar-refractivity contribution >= 4 is 33.2 Å². The quantitative estimate of drug-likeness (QED) is 0.614. The van der Waals surface area contributed by atoms with Crippen LogP contribution in [-0.4, -0.2) is 48.8 Å². The van der Waals surface area contributed by atoms with E-state index in [1.54, 1.807) is 18.2 Å². The molecule has 1 aliphatic rings. The zero-order valence-electron chi connectivity index (χ0n) is 16.3. The highest BCUT2D eigenvalue weighted by Crippen LogP contribution is 2.29. The number of aryl methyl sites for hydroxylation is 1. The van der Waals surface area contributed by atoms with Crippen molar-refractivity contribution < 1.29 is 17.9 Å². The molecular formula is C18H21ClN4O6S. The van der Waals surface area contributed by atoms with Gasteiger partial charge < -0.3 is 15.0 Å². The summed E-state index contributed by atoms with van der Waals surface area (Å²) in [5.74, 6) is -0.606. The van der Waals surface area contributed by atoms with Crippen molar-refractivity contribution in [2.45, 2.75) is 24.7 Å². The first-order valence-electron chi connectivity index (χ1n) is 9.11. The maximum absolute atomic E-state index is 13.0. The van der Waals surface area contributed by atoms with Gasteiger partial charge in [-0.15, -0.1) is 0 Å². The molecule has 1 aliphatic heterocycles. The second-order valence-electron chi connectivity index (χ2n) is 6.90. The highest BCUT2D eigenvalue weighted by atomic mass is 35.5. The van der Waals surface area contributed by atoms with Crippen molar-refractivity contribution in [2.75, 3.05) is 25.5 Å². The lowest BCUT2D eigenvalue weighted by Crippen LogP contribution is -2.45. The van der Waals surface area contributed by atoms with E-state index in [4.69, 9.17) is 16.3 Å². The van der Waals surface area contributed by atoms with Crippen molar-refractivity contribution in [3.05, 3.63) is 49.8 Å². The zero-order chi connectivity index (χ0) is 22.1. The number of halogens is 1. The summed E-state index contributed by atoms with van der Waals surface area (Å²) in [4.78, 5) is 40.0. The van der Waals surface area contributed by atoms with E-state index in [0.717, 1.165) is 4.31 Å². The number of nitrogens with one attached hydrogen (secondary N) is 3. The predicted molar refractivity (Wildman–Crippen MR) is 111 cm³/mol. The first kappa shape index (κ1) is 22.1. The van der Waals surface area contributed by atoms with Crippen LogP contribution in [0.3, 0.4) is 0 Å². The summed E-state index contributed by atoms with van der Waals surface area (Å²) in [5, 5.41) is 3.14. The van der Waals surface area contributed by atoms with E-state index in [0.29, 0.717) is 29.3 Å². The van der Waals surface area contributed by atoms with Crippen LogP contribution in [0.5, 0.6) is 5.75 Å². The molecule has 1 saturated heterocycles. The summed E-state index contributed by atoms with van der Waals surface area (Å²) in [6.45, 7) is 1.39. The Hall–Kier alpha value is -2.63. The summed E-state index contributed by atoms with van der Waals surface area (Å²) in [6.07, 6.45) is 0.909. The monoisotopic (exact) mass is 456 g/mol. The third kappa shape index (κ3) is 4.42. The molecule has 162 valence electrons. The number of anilines is 1. The van der Waals surface area contributed by atoms with Crippen LogP contribution in [0.15, 0.2) is 32.7 Å². The number of aromatic nitrogens is 2. The van der Waals surface area contributed by atoms with Gasteiger partial charge in [-0.2, -0.15) is 4.31 Å². The third-order valence-corrected chi connectivity index (χ3v) is 7.10. The lowest BCUT2D eigenvalue weighted by atomic mass is 9.98. The molecule has 2 heterocycles. The molecule has 10 nitrogen and oxygen atoms in total. The van der Waals surface area contributed by atoms with Gasteiger partial charge in [0.2, 0.25) is 15.9 Å². The fraction of sp³-hybridized carbons (Fsp3) is 0.389. The van der Waals surface area contributed by atoms with E-state index >= 15 is 0 Å². The highest BCUT2D eigenvalue weighted by molar-refractivity contribution is 7.89. The number of ether oxygens (including phenoxy) is 1. The van der Waals surface area contributed by atoms with E-state index < -0.39 is 32.1 Å². The molecule has 30 heavy (non-hydrogen) atoms. The Morgan fingerprint density at radius 3 is 2.70 bits per heavy atom. The number of hydrogen-bond donors (Lipinski definition) is 3. The molecule has 0 spiro atoms. The van der Waals surface area contributed by atoms with Crippen molar-refractivity contribution in [3.8, 4) is 5.75 Å². The Kier molecular flexibility index (Phi) is 6.34. The first-order valence-corrected chi connectivity index (χ1v) is 10.9. The number of amides is 1. The van der Waals surface area contributed by atoms with Gasteiger partial charge in [-0.3, -0.25) is 14.6 Å². The molecule has 12 heteroatoms. The standard InChI is InChI=1S/C18H21ClN4O6S/c1-10-15(17(25)22-18(26)20-10)30(27,28)23-7-3-4-11(9-23)16(24)21-13-8-12(19)5-6-14(13)29-2/h5-6,8,11H,3-4,7,9H2,1-2H3,(H,21,24)(H2,20,22,25,26)/t11-/m0/s1. The van der Waals surface area contributed by atoms with Crippen LogP contribution in [0.4, 0.5) is 5.69 Å². The van der Waals surface area contributed by atoms with Crippen LogP contribution >= 0.6 is 11.6 Å². The number of methoxy groups -OCH3 is 1. The number of piperidine rings is 1. The molecule has 0 saturated carbocycles. The van der Waals surface area contributed by atoms with Crippen LogP contribution in [0.25, 0.3) is 0 Å². The Morgan fingerprint density at radius 1 is 1.30 bits per heavy atom. The van der Waals surface area contributed by atoms with E-state index in [1.165, 1.54) is 14.0 Å². The van der Waals surface area contributed by atoms with E-state index in [-0.39, 0.29) is 24.7 Å². The fourth-order valence-electron chi connectivity index (χ4n) is 3.42. The topological polar surface area (TPSA) is 141 Å². The van der Waals surface area contributed by atoms with Crippen LogP contribution < -0.4 is 21.3 Å². The molecule has 0 unspecified atom stereocenters. The largest absolute Gasteiger partial charge is 0.495 e. The van der Waals surface area contributed by atoms with E-state index in [1.807, 2.05) is 4.98 Å². The van der Waals surface area contributed by atoms with Crippen molar-refractivity contribution in [1.29, 1.82) is 0 Å². The van der Waals surface area contributed by atoms with Crippen molar-refractivity contribution in [2.24, 2.45) is 5.92 Å². The van der Waals surface area contributed by atoms with Crippen LogP contribution in [-0.2, 0) is 14.8 Å². The molecule has 0 radical (unpaired) electrons.